The SMILES string of the molecule is COC(=O)c1ccc(NC(=O)c2ccnc(NCc3ccco3)c2)cc1. The van der Waals surface area contributed by atoms with Gasteiger partial charge in [-0.05, 0) is 48.5 Å². The number of esters is 1. The highest BCUT2D eigenvalue weighted by Gasteiger charge is 2.09. The number of carbonyl (C=O) groups is 2. The molecule has 7 heteroatoms. The molecule has 2 heterocycles. The number of anilines is 2. The van der Waals surface area contributed by atoms with Crippen LogP contribution in [0.3, 0.4) is 0 Å². The number of methoxy groups -OCH3 is 1. The molecule has 0 saturated carbocycles. The van der Waals surface area contributed by atoms with Crippen LogP contribution in [0, 0.1) is 0 Å². The molecule has 1 amide bonds. The van der Waals surface area contributed by atoms with Gasteiger partial charge in [-0.15, -0.1) is 0 Å². The summed E-state index contributed by atoms with van der Waals surface area (Å²) in [5.41, 5.74) is 1.45. The van der Waals surface area contributed by atoms with Crippen molar-refractivity contribution in [2.45, 2.75) is 6.54 Å². The van der Waals surface area contributed by atoms with Crippen molar-refractivity contribution in [3.8, 4) is 0 Å². The van der Waals surface area contributed by atoms with Gasteiger partial charge in [-0.25, -0.2) is 9.78 Å². The third-order valence-corrected chi connectivity index (χ3v) is 3.61. The molecule has 3 rings (SSSR count). The van der Waals surface area contributed by atoms with Gasteiger partial charge in [-0.3, -0.25) is 4.79 Å². The molecule has 0 unspecified atom stereocenters. The molecule has 0 radical (unpaired) electrons. The first-order valence-electron chi connectivity index (χ1n) is 7.88. The molecule has 0 spiro atoms. The molecule has 7 nitrogen and oxygen atoms in total. The van der Waals surface area contributed by atoms with Crippen LogP contribution in [-0.2, 0) is 11.3 Å². The Morgan fingerprint density at radius 2 is 1.92 bits per heavy atom. The molecular weight excluding hydrogens is 334 g/mol. The predicted molar refractivity (Wildman–Crippen MR) is 96.0 cm³/mol. The van der Waals surface area contributed by atoms with Gasteiger partial charge < -0.3 is 19.8 Å². The Balaban J connectivity index is 1.64. The van der Waals surface area contributed by atoms with E-state index in [0.29, 0.717) is 29.2 Å². The van der Waals surface area contributed by atoms with E-state index in [9.17, 15) is 9.59 Å². The van der Waals surface area contributed by atoms with Gasteiger partial charge in [-0.2, -0.15) is 0 Å². The molecule has 2 aromatic heterocycles. The second-order valence-electron chi connectivity index (χ2n) is 5.39. The summed E-state index contributed by atoms with van der Waals surface area (Å²) in [6.45, 7) is 0.472. The maximum atomic E-state index is 12.4. The lowest BCUT2D eigenvalue weighted by Crippen LogP contribution is -2.13. The van der Waals surface area contributed by atoms with Crippen molar-refractivity contribution in [2.24, 2.45) is 0 Å². The van der Waals surface area contributed by atoms with E-state index in [-0.39, 0.29) is 5.91 Å². The summed E-state index contributed by atoms with van der Waals surface area (Å²) >= 11 is 0. The summed E-state index contributed by atoms with van der Waals surface area (Å²) in [5.74, 6) is 0.631. The Morgan fingerprint density at radius 3 is 2.62 bits per heavy atom. The van der Waals surface area contributed by atoms with E-state index < -0.39 is 5.97 Å². The summed E-state index contributed by atoms with van der Waals surface area (Å²) in [7, 11) is 1.32. The second-order valence-corrected chi connectivity index (χ2v) is 5.39. The number of aromatic nitrogens is 1. The van der Waals surface area contributed by atoms with E-state index in [2.05, 4.69) is 20.4 Å². The van der Waals surface area contributed by atoms with Crippen LogP contribution < -0.4 is 10.6 Å². The number of rotatable bonds is 6. The third-order valence-electron chi connectivity index (χ3n) is 3.61. The van der Waals surface area contributed by atoms with Gasteiger partial charge in [0.2, 0.25) is 0 Å². The number of hydrogen-bond acceptors (Lipinski definition) is 6. The molecule has 0 aliphatic heterocycles. The second kappa shape index (κ2) is 7.98. The van der Waals surface area contributed by atoms with Gasteiger partial charge >= 0.3 is 5.97 Å². The van der Waals surface area contributed by atoms with E-state index in [4.69, 9.17) is 4.42 Å². The maximum Gasteiger partial charge on any atom is 0.337 e. The summed E-state index contributed by atoms with van der Waals surface area (Å²) in [6, 6.07) is 13.4. The lowest BCUT2D eigenvalue weighted by Gasteiger charge is -2.08. The number of nitrogens with zero attached hydrogens (tertiary/aromatic N) is 1. The molecule has 2 N–H and O–H groups in total. The van der Waals surface area contributed by atoms with E-state index in [1.165, 1.54) is 7.11 Å². The first-order valence-corrected chi connectivity index (χ1v) is 7.88. The number of hydrogen-bond donors (Lipinski definition) is 2. The Hall–Kier alpha value is -3.61. The highest BCUT2D eigenvalue weighted by Crippen LogP contribution is 2.14. The van der Waals surface area contributed by atoms with E-state index in [1.54, 1.807) is 54.9 Å². The minimum atomic E-state index is -0.427. The summed E-state index contributed by atoms with van der Waals surface area (Å²) in [4.78, 5) is 28.0. The molecule has 0 saturated heterocycles. The Morgan fingerprint density at radius 1 is 1.12 bits per heavy atom. The standard InChI is InChI=1S/C19H17N3O4/c1-25-19(24)13-4-6-15(7-5-13)22-18(23)14-8-9-20-17(11-14)21-12-16-3-2-10-26-16/h2-11H,12H2,1H3,(H,20,21)(H,22,23). The average Bonchev–Trinajstić information content (AvgIpc) is 3.20. The van der Waals surface area contributed by atoms with Gasteiger partial charge in [0.05, 0.1) is 25.5 Å². The number of nitrogens with one attached hydrogen (secondary N) is 2. The van der Waals surface area contributed by atoms with Gasteiger partial charge in [0.15, 0.2) is 0 Å². The number of carbonyl (C=O) groups excluding carboxylic acids is 2. The van der Waals surface area contributed by atoms with Gasteiger partial charge in [0, 0.05) is 17.4 Å². The van der Waals surface area contributed by atoms with Crippen molar-refractivity contribution in [3.63, 3.8) is 0 Å². The first kappa shape index (κ1) is 17.2. The zero-order valence-corrected chi connectivity index (χ0v) is 14.1. The molecule has 0 aliphatic rings. The van der Waals surface area contributed by atoms with Crippen LogP contribution in [0.1, 0.15) is 26.5 Å². The summed E-state index contributed by atoms with van der Waals surface area (Å²) in [6.07, 6.45) is 3.15. The molecule has 1 aromatic carbocycles. The van der Waals surface area contributed by atoms with Crippen LogP contribution in [0.15, 0.2) is 65.4 Å². The Kier molecular flexibility index (Phi) is 5.28. The Labute approximate surface area is 150 Å². The van der Waals surface area contributed by atoms with E-state index in [0.717, 1.165) is 5.76 Å². The Bertz CT molecular complexity index is 889. The smallest absolute Gasteiger partial charge is 0.337 e. The van der Waals surface area contributed by atoms with Gasteiger partial charge in [-0.1, -0.05) is 0 Å². The lowest BCUT2D eigenvalue weighted by molar-refractivity contribution is 0.0600. The monoisotopic (exact) mass is 351 g/mol. The highest BCUT2D eigenvalue weighted by molar-refractivity contribution is 6.04. The maximum absolute atomic E-state index is 12.4. The summed E-state index contributed by atoms with van der Waals surface area (Å²) < 4.78 is 9.89. The largest absolute Gasteiger partial charge is 0.467 e. The lowest BCUT2D eigenvalue weighted by atomic mass is 10.2. The minimum absolute atomic E-state index is 0.278. The molecule has 0 atom stereocenters. The fraction of sp³-hybridized carbons (Fsp3) is 0.105. The van der Waals surface area contributed by atoms with E-state index >= 15 is 0 Å². The van der Waals surface area contributed by atoms with Crippen LogP contribution >= 0.6 is 0 Å². The predicted octanol–water partition coefficient (Wildman–Crippen LogP) is 3.33. The average molecular weight is 351 g/mol. The van der Waals surface area contributed by atoms with Crippen molar-refractivity contribution >= 4 is 23.4 Å². The van der Waals surface area contributed by atoms with Crippen molar-refractivity contribution in [1.82, 2.24) is 4.98 Å². The van der Waals surface area contributed by atoms with Gasteiger partial charge in [0.25, 0.3) is 5.91 Å². The zero-order valence-electron chi connectivity index (χ0n) is 14.1. The van der Waals surface area contributed by atoms with Crippen LogP contribution in [0.25, 0.3) is 0 Å². The topological polar surface area (TPSA) is 93.5 Å². The van der Waals surface area contributed by atoms with Gasteiger partial charge in [0.1, 0.15) is 11.6 Å². The number of amides is 1. The molecule has 0 fully saturated rings. The molecule has 3 aromatic rings. The normalized spacial score (nSPS) is 10.2. The quantitative estimate of drug-likeness (QED) is 0.662. The van der Waals surface area contributed by atoms with Crippen molar-refractivity contribution in [2.75, 3.05) is 17.7 Å². The minimum Gasteiger partial charge on any atom is -0.467 e. The van der Waals surface area contributed by atoms with E-state index in [1.807, 2.05) is 6.07 Å². The molecular formula is C19H17N3O4. The molecule has 132 valence electrons. The van der Waals surface area contributed by atoms with Crippen LogP contribution in [0.2, 0.25) is 0 Å². The fourth-order valence-electron chi connectivity index (χ4n) is 2.27. The van der Waals surface area contributed by atoms with Crippen LogP contribution in [0.4, 0.5) is 11.5 Å². The molecule has 0 aliphatic carbocycles. The molecule has 0 bridgehead atoms. The number of pyridine rings is 1. The van der Waals surface area contributed by atoms with Crippen molar-refractivity contribution in [1.29, 1.82) is 0 Å². The fourth-order valence-corrected chi connectivity index (χ4v) is 2.27. The van der Waals surface area contributed by atoms with Crippen LogP contribution in [-0.4, -0.2) is 24.0 Å². The number of ether oxygens (including phenoxy) is 1. The number of furan rings is 1. The van der Waals surface area contributed by atoms with Crippen molar-refractivity contribution in [3.05, 3.63) is 77.9 Å². The highest BCUT2D eigenvalue weighted by atomic mass is 16.5. The number of benzene rings is 1. The molecule has 26 heavy (non-hydrogen) atoms. The zero-order chi connectivity index (χ0) is 18.4. The van der Waals surface area contributed by atoms with Crippen molar-refractivity contribution < 1.29 is 18.7 Å². The summed E-state index contributed by atoms with van der Waals surface area (Å²) in [5, 5.41) is 5.87. The first-order chi connectivity index (χ1) is 12.7. The third kappa shape index (κ3) is 4.27. The van der Waals surface area contributed by atoms with Crippen LogP contribution in [0.5, 0.6) is 0 Å².